The lowest BCUT2D eigenvalue weighted by atomic mass is 10.2. The Kier molecular flexibility index (Phi) is 6.28. The Hall–Kier alpha value is -2.87. The Morgan fingerprint density at radius 1 is 1.30 bits per heavy atom. The average molecular weight is 270 g/mol. The first-order chi connectivity index (χ1) is 9.69. The number of hydrogen-bond acceptors (Lipinski definition) is 3. The van der Waals surface area contributed by atoms with Crippen LogP contribution in [0.15, 0.2) is 36.4 Å². The average Bonchev–Trinajstić information content (AvgIpc) is 2.49. The van der Waals surface area contributed by atoms with E-state index in [0.29, 0.717) is 6.29 Å². The molecule has 0 unspecified atom stereocenters. The highest BCUT2D eigenvalue weighted by Gasteiger charge is 2.17. The van der Waals surface area contributed by atoms with Crippen molar-refractivity contribution in [1.82, 2.24) is 10.2 Å². The first kappa shape index (κ1) is 15.2. The molecule has 0 saturated heterocycles. The Bertz CT molecular complexity index is 568. The molecule has 0 atom stereocenters. The van der Waals surface area contributed by atoms with Crippen LogP contribution >= 0.6 is 0 Å². The third-order valence-corrected chi connectivity index (χ3v) is 2.28. The highest BCUT2D eigenvalue weighted by molar-refractivity contribution is 6.03. The zero-order valence-corrected chi connectivity index (χ0v) is 11.0. The molecule has 1 N–H and O–H groups in total. The van der Waals surface area contributed by atoms with Crippen LogP contribution in [-0.4, -0.2) is 29.7 Å². The predicted octanol–water partition coefficient (Wildman–Crippen LogP) is 1.42. The lowest BCUT2D eigenvalue weighted by molar-refractivity contribution is -0.125. The molecular weight excluding hydrogens is 256 g/mol. The van der Waals surface area contributed by atoms with Crippen molar-refractivity contribution in [3.63, 3.8) is 0 Å². The van der Waals surface area contributed by atoms with E-state index >= 15 is 0 Å². The first-order valence-corrected chi connectivity index (χ1v) is 5.89. The molecule has 102 valence electrons. The van der Waals surface area contributed by atoms with Gasteiger partial charge in [0.2, 0.25) is 0 Å². The highest BCUT2D eigenvalue weighted by atomic mass is 16.2. The van der Waals surface area contributed by atoms with Crippen LogP contribution < -0.4 is 5.32 Å². The fourth-order valence-electron chi connectivity index (χ4n) is 1.35. The van der Waals surface area contributed by atoms with E-state index in [1.807, 2.05) is 30.3 Å². The van der Waals surface area contributed by atoms with Gasteiger partial charge in [-0.15, -0.1) is 0 Å². The molecule has 5 nitrogen and oxygen atoms in total. The maximum Gasteiger partial charge on any atom is 0.336 e. The van der Waals surface area contributed by atoms with Gasteiger partial charge in [-0.1, -0.05) is 36.3 Å². The van der Waals surface area contributed by atoms with Crippen molar-refractivity contribution in [2.24, 2.45) is 0 Å². The summed E-state index contributed by atoms with van der Waals surface area (Å²) in [5, 5.41) is 2.21. The van der Waals surface area contributed by atoms with Gasteiger partial charge >= 0.3 is 6.03 Å². The monoisotopic (exact) mass is 270 g/mol. The summed E-state index contributed by atoms with van der Waals surface area (Å²) in [6, 6.07) is 10.8. The SMILES string of the molecule is CC#CNC(=O)N(CC=O)C(=O)/C=C/c1ccccc1. The number of aldehydes is 1. The molecule has 0 radical (unpaired) electrons. The molecular formula is C15H14N2O3. The van der Waals surface area contributed by atoms with Crippen LogP contribution in [0.3, 0.4) is 0 Å². The van der Waals surface area contributed by atoms with Gasteiger partial charge in [0.15, 0.2) is 0 Å². The van der Waals surface area contributed by atoms with Crippen molar-refractivity contribution >= 4 is 24.3 Å². The molecule has 1 aromatic carbocycles. The number of nitrogens with zero attached hydrogens (tertiary/aromatic N) is 1. The minimum atomic E-state index is -0.728. The van der Waals surface area contributed by atoms with E-state index in [1.54, 1.807) is 13.0 Å². The molecule has 1 aromatic rings. The molecule has 0 aliphatic carbocycles. The highest BCUT2D eigenvalue weighted by Crippen LogP contribution is 2.02. The molecule has 0 aliphatic rings. The summed E-state index contributed by atoms with van der Waals surface area (Å²) in [4.78, 5) is 34.8. The lowest BCUT2D eigenvalue weighted by Gasteiger charge is -2.14. The molecule has 0 spiro atoms. The normalized spacial score (nSPS) is 9.45. The quantitative estimate of drug-likeness (QED) is 0.389. The van der Waals surface area contributed by atoms with Crippen LogP contribution in [0.2, 0.25) is 0 Å². The van der Waals surface area contributed by atoms with Crippen LogP contribution in [-0.2, 0) is 9.59 Å². The van der Waals surface area contributed by atoms with Crippen molar-refractivity contribution < 1.29 is 14.4 Å². The fourth-order valence-corrected chi connectivity index (χ4v) is 1.35. The minimum absolute atomic E-state index is 0.324. The summed E-state index contributed by atoms with van der Waals surface area (Å²) >= 11 is 0. The summed E-state index contributed by atoms with van der Waals surface area (Å²) in [6.07, 6.45) is 3.28. The number of hydrogen-bond donors (Lipinski definition) is 1. The molecule has 0 bridgehead atoms. The van der Waals surface area contributed by atoms with Crippen molar-refractivity contribution in [2.45, 2.75) is 6.92 Å². The Morgan fingerprint density at radius 2 is 2.00 bits per heavy atom. The Balaban J connectivity index is 2.77. The van der Waals surface area contributed by atoms with E-state index in [2.05, 4.69) is 17.3 Å². The van der Waals surface area contributed by atoms with Gasteiger partial charge in [-0.2, -0.15) is 0 Å². The second kappa shape index (κ2) is 8.27. The van der Waals surface area contributed by atoms with Crippen LogP contribution in [0.4, 0.5) is 4.79 Å². The van der Waals surface area contributed by atoms with Crippen LogP contribution in [0.1, 0.15) is 12.5 Å². The van der Waals surface area contributed by atoms with E-state index in [0.717, 1.165) is 10.5 Å². The minimum Gasteiger partial charge on any atom is -0.301 e. The van der Waals surface area contributed by atoms with E-state index in [4.69, 9.17) is 0 Å². The number of benzene rings is 1. The Morgan fingerprint density at radius 3 is 2.60 bits per heavy atom. The standard InChI is InChI=1S/C15H14N2O3/c1-2-10-16-15(20)17(11-12-18)14(19)9-8-13-6-4-3-5-7-13/h3-9,12H,11H2,1H3,(H,16,20)/b9-8+. The summed E-state index contributed by atoms with van der Waals surface area (Å²) in [5.41, 5.74) is 0.820. The fraction of sp³-hybridized carbons (Fsp3) is 0.133. The second-order valence-corrected chi connectivity index (χ2v) is 3.66. The largest absolute Gasteiger partial charge is 0.336 e. The van der Waals surface area contributed by atoms with Crippen LogP contribution in [0, 0.1) is 12.0 Å². The van der Waals surface area contributed by atoms with Crippen molar-refractivity contribution in [3.05, 3.63) is 42.0 Å². The number of carbonyl (C=O) groups excluding carboxylic acids is 3. The molecule has 5 heteroatoms. The van der Waals surface area contributed by atoms with Gasteiger partial charge < -0.3 is 4.79 Å². The molecule has 3 amide bonds. The molecule has 20 heavy (non-hydrogen) atoms. The van der Waals surface area contributed by atoms with E-state index in [1.165, 1.54) is 6.08 Å². The second-order valence-electron chi connectivity index (χ2n) is 3.66. The van der Waals surface area contributed by atoms with Crippen molar-refractivity contribution in [1.29, 1.82) is 0 Å². The summed E-state index contributed by atoms with van der Waals surface area (Å²) in [5.74, 6) is 1.88. The van der Waals surface area contributed by atoms with Gasteiger partial charge in [-0.05, 0) is 18.6 Å². The van der Waals surface area contributed by atoms with Gasteiger partial charge in [-0.3, -0.25) is 15.0 Å². The number of urea groups is 1. The number of rotatable bonds is 4. The maximum atomic E-state index is 11.9. The van der Waals surface area contributed by atoms with Crippen LogP contribution in [0.25, 0.3) is 6.08 Å². The zero-order valence-electron chi connectivity index (χ0n) is 11.0. The zero-order chi connectivity index (χ0) is 14.8. The van der Waals surface area contributed by atoms with Gasteiger partial charge in [0, 0.05) is 12.1 Å². The van der Waals surface area contributed by atoms with E-state index in [9.17, 15) is 14.4 Å². The van der Waals surface area contributed by atoms with Crippen LogP contribution in [0.5, 0.6) is 0 Å². The molecule has 0 aliphatic heterocycles. The first-order valence-electron chi connectivity index (χ1n) is 5.89. The van der Waals surface area contributed by atoms with Gasteiger partial charge in [-0.25, -0.2) is 4.79 Å². The van der Waals surface area contributed by atoms with Crippen molar-refractivity contribution in [2.75, 3.05) is 6.54 Å². The number of amides is 3. The number of nitrogens with one attached hydrogen (secondary N) is 1. The van der Waals surface area contributed by atoms with Gasteiger partial charge in [0.25, 0.3) is 5.91 Å². The maximum absolute atomic E-state index is 11.9. The Labute approximate surface area is 117 Å². The number of carbonyl (C=O) groups is 3. The molecule has 0 saturated carbocycles. The smallest absolute Gasteiger partial charge is 0.301 e. The lowest BCUT2D eigenvalue weighted by Crippen LogP contribution is -2.42. The molecule has 0 heterocycles. The third-order valence-electron chi connectivity index (χ3n) is 2.28. The molecule has 0 aromatic heterocycles. The van der Waals surface area contributed by atoms with Gasteiger partial charge in [0.05, 0.1) is 6.54 Å². The summed E-state index contributed by atoms with van der Waals surface area (Å²) in [7, 11) is 0. The van der Waals surface area contributed by atoms with Crippen molar-refractivity contribution in [3.8, 4) is 12.0 Å². The third kappa shape index (κ3) is 4.78. The topological polar surface area (TPSA) is 66.5 Å². The van der Waals surface area contributed by atoms with E-state index in [-0.39, 0.29) is 6.54 Å². The molecule has 0 fully saturated rings. The number of imide groups is 1. The predicted molar refractivity (Wildman–Crippen MR) is 75.2 cm³/mol. The summed E-state index contributed by atoms with van der Waals surface area (Å²) in [6.45, 7) is 1.22. The van der Waals surface area contributed by atoms with E-state index < -0.39 is 11.9 Å². The summed E-state index contributed by atoms with van der Waals surface area (Å²) < 4.78 is 0. The molecule has 1 rings (SSSR count). The van der Waals surface area contributed by atoms with Gasteiger partial charge in [0.1, 0.15) is 6.29 Å².